The average Bonchev–Trinajstić information content (AvgIpc) is 2.81. The van der Waals surface area contributed by atoms with Crippen molar-refractivity contribution in [2.75, 3.05) is 11.1 Å². The lowest BCUT2D eigenvalue weighted by atomic mass is 10.1. The van der Waals surface area contributed by atoms with Crippen LogP contribution in [0.4, 0.5) is 11.4 Å². The highest BCUT2D eigenvalue weighted by Crippen LogP contribution is 2.34. The molecule has 0 fully saturated rings. The average molecular weight is 348 g/mol. The Morgan fingerprint density at radius 3 is 2.83 bits per heavy atom. The molecule has 1 amide bonds. The first-order chi connectivity index (χ1) is 10.9. The number of anilines is 2. The summed E-state index contributed by atoms with van der Waals surface area (Å²) in [6.45, 7) is 3.62. The van der Waals surface area contributed by atoms with Gasteiger partial charge in [-0.1, -0.05) is 17.7 Å². The van der Waals surface area contributed by atoms with Gasteiger partial charge in [-0.3, -0.25) is 9.59 Å². The van der Waals surface area contributed by atoms with Gasteiger partial charge in [0.25, 0.3) is 5.91 Å². The summed E-state index contributed by atoms with van der Waals surface area (Å²) in [5, 5.41) is 4.11. The molecule has 2 heterocycles. The summed E-state index contributed by atoms with van der Waals surface area (Å²) in [6.07, 6.45) is 0. The fraction of sp³-hybridized carbons (Fsp3) is 0.125. The van der Waals surface area contributed by atoms with E-state index in [0.717, 1.165) is 22.5 Å². The second-order valence-electron chi connectivity index (χ2n) is 5.23. The zero-order valence-corrected chi connectivity index (χ0v) is 14.1. The molecule has 2 aromatic heterocycles. The number of pyridine rings is 1. The van der Waals surface area contributed by atoms with Gasteiger partial charge in [-0.15, -0.1) is 11.3 Å². The first-order valence-corrected chi connectivity index (χ1v) is 8.06. The molecule has 0 saturated heterocycles. The number of nitrogens with two attached hydrogens (primary N) is 1. The maximum Gasteiger partial charge on any atom is 0.267 e. The zero-order chi connectivity index (χ0) is 16.7. The van der Waals surface area contributed by atoms with E-state index >= 15 is 0 Å². The SMILES string of the molecule is Cc1c(Cl)cccc1NC(=O)c1sc2[nH]c(=O)cc(C)c2c1N. The Morgan fingerprint density at radius 1 is 1.35 bits per heavy atom. The normalized spacial score (nSPS) is 10.9. The molecule has 0 unspecified atom stereocenters. The Bertz CT molecular complexity index is 991. The summed E-state index contributed by atoms with van der Waals surface area (Å²) in [5.41, 5.74) is 8.43. The molecule has 0 radical (unpaired) electrons. The van der Waals surface area contributed by atoms with Crippen molar-refractivity contribution in [1.29, 1.82) is 0 Å². The van der Waals surface area contributed by atoms with Crippen molar-refractivity contribution in [2.45, 2.75) is 13.8 Å². The van der Waals surface area contributed by atoms with E-state index in [4.69, 9.17) is 17.3 Å². The van der Waals surface area contributed by atoms with Crippen molar-refractivity contribution in [2.24, 2.45) is 0 Å². The van der Waals surface area contributed by atoms with Gasteiger partial charge in [-0.25, -0.2) is 0 Å². The third-order valence-electron chi connectivity index (χ3n) is 3.65. The number of hydrogen-bond acceptors (Lipinski definition) is 4. The molecule has 7 heteroatoms. The van der Waals surface area contributed by atoms with E-state index in [1.54, 1.807) is 25.1 Å². The molecule has 4 N–H and O–H groups in total. The summed E-state index contributed by atoms with van der Waals surface area (Å²) in [4.78, 5) is 27.8. The number of aryl methyl sites for hydroxylation is 1. The topological polar surface area (TPSA) is 88.0 Å². The van der Waals surface area contributed by atoms with Crippen molar-refractivity contribution in [3.05, 3.63) is 55.6 Å². The molecule has 3 rings (SSSR count). The quantitative estimate of drug-likeness (QED) is 0.660. The number of rotatable bonds is 2. The highest BCUT2D eigenvalue weighted by Gasteiger charge is 2.19. The Labute approximate surface area is 141 Å². The molecule has 5 nitrogen and oxygen atoms in total. The van der Waals surface area contributed by atoms with Gasteiger partial charge in [0.1, 0.15) is 9.71 Å². The number of amides is 1. The fourth-order valence-corrected chi connectivity index (χ4v) is 3.69. The van der Waals surface area contributed by atoms with E-state index in [1.165, 1.54) is 6.07 Å². The number of aromatic nitrogens is 1. The Kier molecular flexibility index (Phi) is 3.87. The maximum absolute atomic E-state index is 12.5. The number of H-pyrrole nitrogens is 1. The Balaban J connectivity index is 2.05. The first kappa shape index (κ1) is 15.6. The minimum atomic E-state index is -0.325. The number of carbonyl (C=O) groups is 1. The second kappa shape index (κ2) is 5.72. The molecule has 3 aromatic rings. The molecule has 0 spiro atoms. The standard InChI is InChI=1S/C16H14ClN3O2S/c1-7-6-11(21)20-16-12(7)13(18)14(23-16)15(22)19-10-5-3-4-9(17)8(10)2/h3-6H,18H2,1-2H3,(H,19,22)(H,20,21). The molecular weight excluding hydrogens is 334 g/mol. The fourth-order valence-electron chi connectivity index (χ4n) is 2.43. The molecule has 0 aliphatic heterocycles. The van der Waals surface area contributed by atoms with Crippen molar-refractivity contribution >= 4 is 50.4 Å². The maximum atomic E-state index is 12.5. The van der Waals surface area contributed by atoms with E-state index < -0.39 is 0 Å². The van der Waals surface area contributed by atoms with Gasteiger partial charge in [-0.05, 0) is 37.1 Å². The number of aromatic amines is 1. The van der Waals surface area contributed by atoms with Gasteiger partial charge in [0.15, 0.2) is 0 Å². The van der Waals surface area contributed by atoms with Crippen LogP contribution in [0, 0.1) is 13.8 Å². The van der Waals surface area contributed by atoms with Crippen molar-refractivity contribution < 1.29 is 4.79 Å². The second-order valence-corrected chi connectivity index (χ2v) is 6.66. The monoisotopic (exact) mass is 347 g/mol. The highest BCUT2D eigenvalue weighted by molar-refractivity contribution is 7.21. The van der Waals surface area contributed by atoms with Crippen molar-refractivity contribution in [3.63, 3.8) is 0 Å². The molecule has 0 aliphatic rings. The number of carbonyl (C=O) groups excluding carboxylic acids is 1. The summed E-state index contributed by atoms with van der Waals surface area (Å²) < 4.78 is 0. The molecule has 0 bridgehead atoms. The predicted octanol–water partition coefficient (Wildman–Crippen LogP) is 3.69. The molecule has 0 aliphatic carbocycles. The Morgan fingerprint density at radius 2 is 2.09 bits per heavy atom. The summed E-state index contributed by atoms with van der Waals surface area (Å²) in [6, 6.07) is 6.76. The Hall–Kier alpha value is -2.31. The highest BCUT2D eigenvalue weighted by atomic mass is 35.5. The predicted molar refractivity (Wildman–Crippen MR) is 95.7 cm³/mol. The molecule has 23 heavy (non-hydrogen) atoms. The lowest BCUT2D eigenvalue weighted by Gasteiger charge is -2.09. The van der Waals surface area contributed by atoms with Gasteiger partial charge in [0.2, 0.25) is 5.56 Å². The van der Waals surface area contributed by atoms with Crippen LogP contribution in [0.25, 0.3) is 10.2 Å². The van der Waals surface area contributed by atoms with Crippen molar-refractivity contribution in [3.8, 4) is 0 Å². The van der Waals surface area contributed by atoms with Crippen LogP contribution in [0.2, 0.25) is 5.02 Å². The molecular formula is C16H14ClN3O2S. The molecule has 0 atom stereocenters. The lowest BCUT2D eigenvalue weighted by molar-refractivity contribution is 0.103. The van der Waals surface area contributed by atoms with E-state index in [0.29, 0.717) is 31.5 Å². The van der Waals surface area contributed by atoms with Gasteiger partial charge in [-0.2, -0.15) is 0 Å². The van der Waals surface area contributed by atoms with Gasteiger partial charge in [0, 0.05) is 22.2 Å². The number of nitrogen functional groups attached to an aromatic ring is 1. The van der Waals surface area contributed by atoms with Crippen LogP contribution in [0.1, 0.15) is 20.8 Å². The van der Waals surface area contributed by atoms with Gasteiger partial charge >= 0.3 is 0 Å². The summed E-state index contributed by atoms with van der Waals surface area (Å²) in [5.74, 6) is -0.325. The lowest BCUT2D eigenvalue weighted by Crippen LogP contribution is -2.13. The number of thiophene rings is 1. The molecule has 0 saturated carbocycles. The number of halogens is 1. The molecule has 1 aromatic carbocycles. The van der Waals surface area contributed by atoms with Gasteiger partial charge < -0.3 is 16.0 Å². The van der Waals surface area contributed by atoms with Crippen LogP contribution in [-0.4, -0.2) is 10.9 Å². The van der Waals surface area contributed by atoms with E-state index in [9.17, 15) is 9.59 Å². The minimum absolute atomic E-state index is 0.214. The minimum Gasteiger partial charge on any atom is -0.397 e. The van der Waals surface area contributed by atoms with E-state index in [2.05, 4.69) is 10.3 Å². The van der Waals surface area contributed by atoms with E-state index in [1.807, 2.05) is 6.92 Å². The van der Waals surface area contributed by atoms with E-state index in [-0.39, 0.29) is 11.5 Å². The van der Waals surface area contributed by atoms with Crippen LogP contribution in [0.15, 0.2) is 29.1 Å². The smallest absolute Gasteiger partial charge is 0.267 e. The third kappa shape index (κ3) is 2.71. The molecule has 118 valence electrons. The number of fused-ring (bicyclic) bond motifs is 1. The van der Waals surface area contributed by atoms with Gasteiger partial charge in [0.05, 0.1) is 5.69 Å². The van der Waals surface area contributed by atoms with Crippen LogP contribution >= 0.6 is 22.9 Å². The van der Waals surface area contributed by atoms with Crippen molar-refractivity contribution in [1.82, 2.24) is 4.98 Å². The number of benzene rings is 1. The number of hydrogen-bond donors (Lipinski definition) is 3. The van der Waals surface area contributed by atoms with Crippen LogP contribution in [-0.2, 0) is 0 Å². The first-order valence-electron chi connectivity index (χ1n) is 6.87. The summed E-state index contributed by atoms with van der Waals surface area (Å²) >= 11 is 7.23. The largest absolute Gasteiger partial charge is 0.397 e. The third-order valence-corrected chi connectivity index (χ3v) is 5.18. The summed E-state index contributed by atoms with van der Waals surface area (Å²) in [7, 11) is 0. The number of nitrogens with one attached hydrogen (secondary N) is 2. The zero-order valence-electron chi connectivity index (χ0n) is 12.5. The van der Waals surface area contributed by atoms with Crippen LogP contribution in [0.3, 0.4) is 0 Å². The van der Waals surface area contributed by atoms with Crippen LogP contribution in [0.5, 0.6) is 0 Å². The van der Waals surface area contributed by atoms with Crippen LogP contribution < -0.4 is 16.6 Å².